The van der Waals surface area contributed by atoms with Crippen LogP contribution in [0.1, 0.15) is 4.88 Å². The van der Waals surface area contributed by atoms with Gasteiger partial charge in [0.1, 0.15) is 10.0 Å². The summed E-state index contributed by atoms with van der Waals surface area (Å²) in [5.74, 6) is 1.82. The first-order valence-electron chi connectivity index (χ1n) is 9.04. The number of hydrogen-bond donors (Lipinski definition) is 1. The normalized spacial score (nSPS) is 15.9. The number of nitrogens with one attached hydrogen (secondary N) is 1. The van der Waals surface area contributed by atoms with Crippen LogP contribution in [0.4, 0.5) is 5.82 Å². The number of nitrogens with zero attached hydrogens (tertiary/aromatic N) is 5. The summed E-state index contributed by atoms with van der Waals surface area (Å²) in [5.41, 5.74) is 0. The van der Waals surface area contributed by atoms with Crippen molar-refractivity contribution in [3.63, 3.8) is 0 Å². The smallest absolute Gasteiger partial charge is 0.252 e. The van der Waals surface area contributed by atoms with Crippen LogP contribution in [0, 0.1) is 0 Å². The van der Waals surface area contributed by atoms with Gasteiger partial charge < -0.3 is 15.1 Å². The molecule has 1 aliphatic heterocycles. The van der Waals surface area contributed by atoms with Crippen molar-refractivity contribution < 1.29 is 8.42 Å². The van der Waals surface area contributed by atoms with Crippen LogP contribution in [-0.2, 0) is 16.6 Å². The van der Waals surface area contributed by atoms with Gasteiger partial charge in [-0.1, -0.05) is 6.07 Å². The molecule has 1 saturated heterocycles. The average molecular weight is 423 g/mol. The molecular formula is C18H26N6O2S2. The third-order valence-corrected chi connectivity index (χ3v) is 7.92. The molecule has 0 aromatic carbocycles. The van der Waals surface area contributed by atoms with Crippen molar-refractivity contribution in [2.75, 3.05) is 52.2 Å². The fourth-order valence-electron chi connectivity index (χ4n) is 2.96. The van der Waals surface area contributed by atoms with Crippen LogP contribution in [0.2, 0.25) is 0 Å². The van der Waals surface area contributed by atoms with Gasteiger partial charge in [0.05, 0.1) is 6.54 Å². The van der Waals surface area contributed by atoms with Gasteiger partial charge in [-0.15, -0.1) is 11.3 Å². The molecule has 0 spiro atoms. The van der Waals surface area contributed by atoms with Crippen LogP contribution in [0.5, 0.6) is 0 Å². The van der Waals surface area contributed by atoms with E-state index in [-0.39, 0.29) is 0 Å². The van der Waals surface area contributed by atoms with Gasteiger partial charge in [0.2, 0.25) is 0 Å². The third kappa shape index (κ3) is 4.62. The number of rotatable bonds is 5. The molecule has 152 valence electrons. The minimum Gasteiger partial charge on any atom is -0.353 e. The quantitative estimate of drug-likeness (QED) is 0.578. The Labute approximate surface area is 170 Å². The number of hydrogen-bond acceptors (Lipinski definition) is 6. The molecule has 0 unspecified atom stereocenters. The molecule has 2 aromatic heterocycles. The fourth-order valence-corrected chi connectivity index (χ4v) is 5.42. The largest absolute Gasteiger partial charge is 0.353 e. The first kappa shape index (κ1) is 20.6. The number of guanidine groups is 1. The number of aromatic nitrogens is 1. The molecule has 10 heteroatoms. The Kier molecular flexibility index (Phi) is 6.53. The van der Waals surface area contributed by atoms with E-state index in [1.165, 1.54) is 15.6 Å². The summed E-state index contributed by atoms with van der Waals surface area (Å²) in [6.45, 7) is 3.99. The lowest BCUT2D eigenvalue weighted by molar-refractivity contribution is 0.371. The van der Waals surface area contributed by atoms with Crippen LogP contribution in [0.25, 0.3) is 0 Å². The molecule has 28 heavy (non-hydrogen) atoms. The predicted octanol–water partition coefficient (Wildman–Crippen LogP) is 1.29. The lowest BCUT2D eigenvalue weighted by Gasteiger charge is -2.37. The predicted molar refractivity (Wildman–Crippen MR) is 113 cm³/mol. The first-order valence-corrected chi connectivity index (χ1v) is 11.3. The molecule has 1 fully saturated rings. The monoisotopic (exact) mass is 422 g/mol. The van der Waals surface area contributed by atoms with Gasteiger partial charge in [-0.25, -0.2) is 17.7 Å². The SMILES string of the molecule is CN=C(NCc1ccc(S(=O)(=O)N(C)C)s1)N1CCN(c2ccccn2)CC1. The highest BCUT2D eigenvalue weighted by Gasteiger charge is 2.22. The van der Waals surface area contributed by atoms with Crippen molar-refractivity contribution in [2.24, 2.45) is 4.99 Å². The highest BCUT2D eigenvalue weighted by molar-refractivity contribution is 7.91. The number of anilines is 1. The summed E-state index contributed by atoms with van der Waals surface area (Å²) in [6.07, 6.45) is 1.81. The lowest BCUT2D eigenvalue weighted by Crippen LogP contribution is -2.52. The number of thiophene rings is 1. The Bertz CT molecular complexity index is 903. The van der Waals surface area contributed by atoms with Crippen molar-refractivity contribution in [1.29, 1.82) is 0 Å². The maximum atomic E-state index is 12.2. The van der Waals surface area contributed by atoms with Crippen molar-refractivity contribution >= 4 is 33.1 Å². The second-order valence-corrected chi connectivity index (χ2v) is 10.1. The van der Waals surface area contributed by atoms with E-state index in [0.29, 0.717) is 10.8 Å². The van der Waals surface area contributed by atoms with Crippen molar-refractivity contribution in [3.8, 4) is 0 Å². The number of sulfonamides is 1. The highest BCUT2D eigenvalue weighted by atomic mass is 32.2. The molecule has 8 nitrogen and oxygen atoms in total. The van der Waals surface area contributed by atoms with Gasteiger partial charge in [-0.05, 0) is 24.3 Å². The Morgan fingerprint density at radius 2 is 1.96 bits per heavy atom. The molecule has 3 rings (SSSR count). The van der Waals surface area contributed by atoms with E-state index in [0.717, 1.165) is 42.8 Å². The summed E-state index contributed by atoms with van der Waals surface area (Å²) >= 11 is 1.28. The standard InChI is InChI=1S/C18H26N6O2S2/c1-19-18(21-14-15-7-8-17(27-15)28(25,26)22(2)3)24-12-10-23(11-13-24)16-6-4-5-9-20-16/h4-9H,10-14H2,1-3H3,(H,19,21). The fraction of sp³-hybridized carbons (Fsp3) is 0.444. The van der Waals surface area contributed by atoms with Gasteiger partial charge in [0.15, 0.2) is 5.96 Å². The second kappa shape index (κ2) is 8.89. The summed E-state index contributed by atoms with van der Waals surface area (Å²) < 4.78 is 26.0. The van der Waals surface area contributed by atoms with Crippen molar-refractivity contribution in [3.05, 3.63) is 41.4 Å². The molecular weight excluding hydrogens is 396 g/mol. The lowest BCUT2D eigenvalue weighted by atomic mass is 10.3. The Balaban J connectivity index is 1.55. The van der Waals surface area contributed by atoms with Gasteiger partial charge in [-0.3, -0.25) is 4.99 Å². The number of pyridine rings is 1. The van der Waals surface area contributed by atoms with Gasteiger partial charge in [-0.2, -0.15) is 0 Å². The van der Waals surface area contributed by atoms with Gasteiger partial charge >= 0.3 is 0 Å². The minimum absolute atomic E-state index is 0.355. The second-order valence-electron chi connectivity index (χ2n) is 6.57. The van der Waals surface area contributed by atoms with Crippen LogP contribution < -0.4 is 10.2 Å². The summed E-state index contributed by atoms with van der Waals surface area (Å²) in [4.78, 5) is 14.2. The molecule has 0 bridgehead atoms. The molecule has 0 radical (unpaired) electrons. The maximum Gasteiger partial charge on any atom is 0.252 e. The molecule has 0 saturated carbocycles. The minimum atomic E-state index is -3.38. The zero-order valence-electron chi connectivity index (χ0n) is 16.4. The molecule has 0 amide bonds. The molecule has 0 atom stereocenters. The van der Waals surface area contributed by atoms with Crippen molar-refractivity contribution in [2.45, 2.75) is 10.8 Å². The van der Waals surface area contributed by atoms with E-state index >= 15 is 0 Å². The molecule has 2 aromatic rings. The Morgan fingerprint density at radius 3 is 2.57 bits per heavy atom. The summed E-state index contributed by atoms with van der Waals surface area (Å²) in [7, 11) is 1.47. The van der Waals surface area contributed by atoms with E-state index < -0.39 is 10.0 Å². The molecule has 3 heterocycles. The van der Waals surface area contributed by atoms with Gasteiger partial charge in [0.25, 0.3) is 10.0 Å². The summed E-state index contributed by atoms with van der Waals surface area (Å²) in [5, 5.41) is 3.35. The molecule has 0 aliphatic carbocycles. The van der Waals surface area contributed by atoms with Gasteiger partial charge in [0, 0.05) is 58.4 Å². The van der Waals surface area contributed by atoms with E-state index in [9.17, 15) is 8.42 Å². The van der Waals surface area contributed by atoms with Crippen LogP contribution in [-0.4, -0.2) is 75.9 Å². The summed E-state index contributed by atoms with van der Waals surface area (Å²) in [6, 6.07) is 9.46. The van der Waals surface area contributed by atoms with Crippen molar-refractivity contribution in [1.82, 2.24) is 19.5 Å². The van der Waals surface area contributed by atoms with Crippen LogP contribution in [0.15, 0.2) is 45.7 Å². The zero-order valence-corrected chi connectivity index (χ0v) is 18.0. The number of aliphatic imine (C=N–C) groups is 1. The highest BCUT2D eigenvalue weighted by Crippen LogP contribution is 2.23. The van der Waals surface area contributed by atoms with E-state index in [1.807, 2.05) is 30.5 Å². The zero-order chi connectivity index (χ0) is 20.1. The molecule has 1 N–H and O–H groups in total. The Hall–Kier alpha value is -2.17. The maximum absolute atomic E-state index is 12.2. The van der Waals surface area contributed by atoms with Crippen LogP contribution in [0.3, 0.4) is 0 Å². The third-order valence-electron chi connectivity index (χ3n) is 4.56. The topological polar surface area (TPSA) is 81.1 Å². The van der Waals surface area contributed by atoms with E-state index in [4.69, 9.17) is 0 Å². The first-order chi connectivity index (χ1) is 13.4. The number of piperazine rings is 1. The van der Waals surface area contributed by atoms with Crippen LogP contribution >= 0.6 is 11.3 Å². The molecule has 1 aliphatic rings. The Morgan fingerprint density at radius 1 is 1.21 bits per heavy atom. The van der Waals surface area contributed by atoms with E-state index in [2.05, 4.69) is 25.1 Å². The average Bonchev–Trinajstić information content (AvgIpc) is 3.19. The van der Waals surface area contributed by atoms with E-state index in [1.54, 1.807) is 27.2 Å².